The van der Waals surface area contributed by atoms with Gasteiger partial charge in [0.25, 0.3) is 5.69 Å². The van der Waals surface area contributed by atoms with Gasteiger partial charge in [0.15, 0.2) is 17.2 Å². The Balaban J connectivity index is 1.60. The molecule has 4 rings (SSSR count). The summed E-state index contributed by atoms with van der Waals surface area (Å²) in [5.41, 5.74) is 2.09. The third-order valence-corrected chi connectivity index (χ3v) is 5.26. The summed E-state index contributed by atoms with van der Waals surface area (Å²) in [4.78, 5) is 39.3. The van der Waals surface area contributed by atoms with E-state index >= 15 is 0 Å². The molecule has 0 radical (unpaired) electrons. The number of nitro benzene ring substituents is 1. The predicted molar refractivity (Wildman–Crippen MR) is 128 cm³/mol. The molecule has 0 N–H and O–H groups in total. The van der Waals surface area contributed by atoms with Crippen molar-refractivity contribution >= 4 is 41.2 Å². The van der Waals surface area contributed by atoms with E-state index in [2.05, 4.69) is 4.99 Å². The summed E-state index contributed by atoms with van der Waals surface area (Å²) in [6, 6.07) is 15.3. The van der Waals surface area contributed by atoms with Crippen molar-refractivity contribution in [2.24, 2.45) is 4.99 Å². The molecule has 0 fully saturated rings. The lowest BCUT2D eigenvalue weighted by Gasteiger charge is -2.12. The number of rotatable bonds is 6. The highest BCUT2D eigenvalue weighted by Gasteiger charge is 2.25. The molecule has 176 valence electrons. The summed E-state index contributed by atoms with van der Waals surface area (Å²) in [5, 5.41) is 10.9. The van der Waals surface area contributed by atoms with E-state index in [1.165, 1.54) is 49.6 Å². The number of hydrogen-bond donors (Lipinski definition) is 0. The van der Waals surface area contributed by atoms with Gasteiger partial charge < -0.3 is 14.2 Å². The van der Waals surface area contributed by atoms with Gasteiger partial charge in [-0.05, 0) is 55.0 Å². The Morgan fingerprint density at radius 3 is 2.43 bits per heavy atom. The zero-order valence-corrected chi connectivity index (χ0v) is 19.2. The first-order valence-corrected chi connectivity index (χ1v) is 10.6. The molecule has 9 nitrogen and oxygen atoms in total. The van der Waals surface area contributed by atoms with E-state index in [1.54, 1.807) is 24.3 Å². The van der Waals surface area contributed by atoms with Crippen LogP contribution >= 0.6 is 11.6 Å². The number of hydrogen-bond acceptors (Lipinski definition) is 8. The van der Waals surface area contributed by atoms with E-state index in [0.29, 0.717) is 16.7 Å². The third kappa shape index (κ3) is 5.20. The Morgan fingerprint density at radius 2 is 1.80 bits per heavy atom. The van der Waals surface area contributed by atoms with Crippen LogP contribution in [0.4, 0.5) is 5.69 Å². The van der Waals surface area contributed by atoms with Crippen molar-refractivity contribution in [1.82, 2.24) is 0 Å². The lowest BCUT2D eigenvalue weighted by atomic mass is 10.1. The fourth-order valence-corrected chi connectivity index (χ4v) is 3.44. The second-order valence-corrected chi connectivity index (χ2v) is 7.84. The summed E-state index contributed by atoms with van der Waals surface area (Å²) >= 11 is 6.36. The van der Waals surface area contributed by atoms with Gasteiger partial charge in [0.1, 0.15) is 0 Å². The monoisotopic (exact) mass is 492 g/mol. The Morgan fingerprint density at radius 1 is 1.11 bits per heavy atom. The summed E-state index contributed by atoms with van der Waals surface area (Å²) in [5.74, 6) is -1.09. The Hall–Kier alpha value is -4.50. The molecular weight excluding hydrogens is 476 g/mol. The fraction of sp³-hybridized carbons (Fsp3) is 0.0800. The van der Waals surface area contributed by atoms with Crippen molar-refractivity contribution < 1.29 is 28.7 Å². The minimum Gasteiger partial charge on any atom is -0.493 e. The summed E-state index contributed by atoms with van der Waals surface area (Å²) < 4.78 is 16.0. The van der Waals surface area contributed by atoms with Gasteiger partial charge in [-0.3, -0.25) is 10.1 Å². The second-order valence-electron chi connectivity index (χ2n) is 7.43. The van der Waals surface area contributed by atoms with Crippen LogP contribution < -0.4 is 9.47 Å². The molecule has 0 amide bonds. The minimum atomic E-state index is -0.705. The van der Waals surface area contributed by atoms with Gasteiger partial charge in [0, 0.05) is 17.7 Å². The highest BCUT2D eigenvalue weighted by atomic mass is 35.5. The molecule has 1 heterocycles. The molecule has 3 aromatic carbocycles. The number of ether oxygens (including phenoxy) is 3. The molecular formula is C25H17ClN2O7. The van der Waals surface area contributed by atoms with E-state index in [0.717, 1.165) is 5.56 Å². The van der Waals surface area contributed by atoms with Gasteiger partial charge >= 0.3 is 11.9 Å². The molecule has 0 bridgehead atoms. The van der Waals surface area contributed by atoms with Crippen molar-refractivity contribution in [2.45, 2.75) is 6.92 Å². The van der Waals surface area contributed by atoms with E-state index in [1.807, 2.05) is 6.92 Å². The van der Waals surface area contributed by atoms with Gasteiger partial charge in [-0.15, -0.1) is 0 Å². The first-order valence-electron chi connectivity index (χ1n) is 10.2. The number of halogens is 1. The number of carbonyl (C=O) groups excluding carboxylic acids is 2. The maximum absolute atomic E-state index is 12.5. The van der Waals surface area contributed by atoms with Crippen LogP contribution in [0.3, 0.4) is 0 Å². The van der Waals surface area contributed by atoms with Crippen LogP contribution in [0.25, 0.3) is 6.08 Å². The molecule has 1 aliphatic heterocycles. The van der Waals surface area contributed by atoms with Crippen LogP contribution in [-0.4, -0.2) is 29.9 Å². The number of methoxy groups -OCH3 is 1. The SMILES string of the molecule is COc1cc(/C=C2\N=C(c3ccc([N+](=O)[O-])cc3)OC2=O)cc(Cl)c1OC(=O)c1ccc(C)cc1. The average molecular weight is 493 g/mol. The van der Waals surface area contributed by atoms with Gasteiger partial charge in [-0.2, -0.15) is 0 Å². The minimum absolute atomic E-state index is 0.0119. The van der Waals surface area contributed by atoms with E-state index in [-0.39, 0.29) is 33.8 Å². The highest BCUT2D eigenvalue weighted by molar-refractivity contribution is 6.32. The number of aliphatic imine (C=N–C) groups is 1. The Bertz CT molecular complexity index is 1390. The van der Waals surface area contributed by atoms with Crippen LogP contribution in [-0.2, 0) is 9.53 Å². The molecule has 0 unspecified atom stereocenters. The second kappa shape index (κ2) is 9.78. The zero-order chi connectivity index (χ0) is 25.1. The third-order valence-electron chi connectivity index (χ3n) is 4.98. The topological polar surface area (TPSA) is 117 Å². The smallest absolute Gasteiger partial charge is 0.363 e. The van der Waals surface area contributed by atoms with E-state index < -0.39 is 16.9 Å². The molecule has 0 spiro atoms. The standard InChI is InChI=1S/C25H17ClN2O7/c1-14-3-5-17(6-4-14)24(29)34-22-19(26)11-15(13-21(22)33-2)12-20-25(30)35-23(27-20)16-7-9-18(10-8-16)28(31)32/h3-13H,1-2H3/b20-12-. The van der Waals surface area contributed by atoms with Crippen LogP contribution in [0.2, 0.25) is 5.02 Å². The number of nitrogens with zero attached hydrogens (tertiary/aromatic N) is 2. The van der Waals surface area contributed by atoms with Crippen LogP contribution in [0.5, 0.6) is 11.5 Å². The maximum Gasteiger partial charge on any atom is 0.363 e. The average Bonchev–Trinajstić information content (AvgIpc) is 3.20. The van der Waals surface area contributed by atoms with Gasteiger partial charge in [-0.25, -0.2) is 14.6 Å². The number of esters is 2. The number of non-ortho nitro benzene ring substituents is 1. The first kappa shape index (κ1) is 23.7. The zero-order valence-electron chi connectivity index (χ0n) is 18.5. The number of aryl methyl sites for hydroxylation is 1. The fourth-order valence-electron chi connectivity index (χ4n) is 3.18. The van der Waals surface area contributed by atoms with Crippen LogP contribution in [0.1, 0.15) is 27.0 Å². The normalized spacial score (nSPS) is 13.9. The summed E-state index contributed by atoms with van der Waals surface area (Å²) in [6.45, 7) is 1.90. The molecule has 3 aromatic rings. The van der Waals surface area contributed by atoms with Gasteiger partial charge in [-0.1, -0.05) is 29.3 Å². The number of cyclic esters (lactones) is 1. The van der Waals surface area contributed by atoms with Crippen LogP contribution in [0, 0.1) is 17.0 Å². The van der Waals surface area contributed by atoms with Crippen LogP contribution in [0.15, 0.2) is 71.4 Å². The lowest BCUT2D eigenvalue weighted by molar-refractivity contribution is -0.384. The molecule has 0 atom stereocenters. The molecule has 0 aliphatic carbocycles. The molecule has 10 heteroatoms. The molecule has 35 heavy (non-hydrogen) atoms. The molecule has 0 aromatic heterocycles. The molecule has 0 saturated heterocycles. The van der Waals surface area contributed by atoms with E-state index in [9.17, 15) is 19.7 Å². The van der Waals surface area contributed by atoms with Crippen molar-refractivity contribution in [1.29, 1.82) is 0 Å². The largest absolute Gasteiger partial charge is 0.493 e. The number of carbonyl (C=O) groups is 2. The van der Waals surface area contributed by atoms with Crippen molar-refractivity contribution in [3.63, 3.8) is 0 Å². The number of nitro groups is 1. The highest BCUT2D eigenvalue weighted by Crippen LogP contribution is 2.38. The molecule has 0 saturated carbocycles. The molecule has 1 aliphatic rings. The van der Waals surface area contributed by atoms with Crippen molar-refractivity contribution in [3.8, 4) is 11.5 Å². The first-order chi connectivity index (χ1) is 16.7. The van der Waals surface area contributed by atoms with Crippen molar-refractivity contribution in [2.75, 3.05) is 7.11 Å². The lowest BCUT2D eigenvalue weighted by Crippen LogP contribution is -2.09. The van der Waals surface area contributed by atoms with Gasteiger partial charge in [0.2, 0.25) is 5.90 Å². The van der Waals surface area contributed by atoms with Gasteiger partial charge in [0.05, 0.1) is 22.6 Å². The number of benzene rings is 3. The van der Waals surface area contributed by atoms with E-state index in [4.69, 9.17) is 25.8 Å². The summed E-state index contributed by atoms with van der Waals surface area (Å²) in [7, 11) is 1.39. The summed E-state index contributed by atoms with van der Waals surface area (Å²) in [6.07, 6.45) is 1.43. The maximum atomic E-state index is 12.5. The Kier molecular flexibility index (Phi) is 6.61. The van der Waals surface area contributed by atoms with Crippen molar-refractivity contribution in [3.05, 3.63) is 104 Å². The Labute approximate surface area is 204 Å². The quantitative estimate of drug-likeness (QED) is 0.154. The predicted octanol–water partition coefficient (Wildman–Crippen LogP) is 5.13.